The molecule has 0 saturated carbocycles. The molecule has 4 nitrogen and oxygen atoms in total. The topological polar surface area (TPSA) is 46.1 Å². The molecule has 0 saturated heterocycles. The summed E-state index contributed by atoms with van der Waals surface area (Å²) in [6, 6.07) is 2.04. The summed E-state index contributed by atoms with van der Waals surface area (Å²) in [5.74, 6) is 0.0628. The molecule has 1 aromatic rings. The van der Waals surface area contributed by atoms with E-state index >= 15 is 0 Å². The third-order valence-electron chi connectivity index (χ3n) is 2.08. The van der Waals surface area contributed by atoms with Crippen LogP contribution in [0, 0.1) is 0 Å². The SMILES string of the molecule is CCCNC(=O)CNCc1ccn(C)c1. The predicted octanol–water partition coefficient (Wildman–Crippen LogP) is 0.641. The van der Waals surface area contributed by atoms with E-state index in [1.165, 1.54) is 5.56 Å². The minimum atomic E-state index is 0.0628. The van der Waals surface area contributed by atoms with Crippen LogP contribution in [-0.4, -0.2) is 23.6 Å². The molecule has 0 aliphatic carbocycles. The van der Waals surface area contributed by atoms with Gasteiger partial charge in [-0.3, -0.25) is 4.79 Å². The highest BCUT2D eigenvalue weighted by molar-refractivity contribution is 5.77. The van der Waals surface area contributed by atoms with E-state index < -0.39 is 0 Å². The number of nitrogens with one attached hydrogen (secondary N) is 2. The summed E-state index contributed by atoms with van der Waals surface area (Å²) in [5, 5.41) is 5.92. The molecule has 0 radical (unpaired) electrons. The zero-order chi connectivity index (χ0) is 11.1. The fraction of sp³-hybridized carbons (Fsp3) is 0.545. The Morgan fingerprint density at radius 3 is 2.93 bits per heavy atom. The molecule has 0 aliphatic heterocycles. The van der Waals surface area contributed by atoms with Crippen LogP contribution in [0.3, 0.4) is 0 Å². The number of carbonyl (C=O) groups excluding carboxylic acids is 1. The average molecular weight is 209 g/mol. The van der Waals surface area contributed by atoms with Gasteiger partial charge in [0, 0.05) is 32.5 Å². The van der Waals surface area contributed by atoms with Gasteiger partial charge in [-0.05, 0) is 18.1 Å². The second-order valence-electron chi connectivity index (χ2n) is 3.64. The largest absolute Gasteiger partial charge is 0.357 e. The van der Waals surface area contributed by atoms with Crippen LogP contribution < -0.4 is 10.6 Å². The van der Waals surface area contributed by atoms with Crippen LogP contribution in [0.2, 0.25) is 0 Å². The van der Waals surface area contributed by atoms with Gasteiger partial charge in [0.2, 0.25) is 5.91 Å². The summed E-state index contributed by atoms with van der Waals surface area (Å²) in [7, 11) is 1.98. The Morgan fingerprint density at radius 1 is 1.53 bits per heavy atom. The maximum Gasteiger partial charge on any atom is 0.233 e. The Kier molecular flexibility index (Phi) is 4.90. The molecule has 1 amide bonds. The number of hydrogen-bond donors (Lipinski definition) is 2. The molecule has 1 aromatic heterocycles. The molecule has 0 aliphatic rings. The molecule has 2 N–H and O–H groups in total. The van der Waals surface area contributed by atoms with Crippen LogP contribution in [0.5, 0.6) is 0 Å². The first-order valence-electron chi connectivity index (χ1n) is 5.30. The molecule has 0 unspecified atom stereocenters. The first-order valence-corrected chi connectivity index (χ1v) is 5.30. The molecule has 1 rings (SSSR count). The number of aromatic nitrogens is 1. The highest BCUT2D eigenvalue weighted by Crippen LogP contribution is 1.97. The van der Waals surface area contributed by atoms with E-state index in [0.29, 0.717) is 6.54 Å². The fourth-order valence-electron chi connectivity index (χ4n) is 1.31. The lowest BCUT2D eigenvalue weighted by molar-refractivity contribution is -0.120. The van der Waals surface area contributed by atoms with Crippen LogP contribution in [0.15, 0.2) is 18.5 Å². The highest BCUT2D eigenvalue weighted by atomic mass is 16.1. The second-order valence-corrected chi connectivity index (χ2v) is 3.64. The van der Waals surface area contributed by atoms with Gasteiger partial charge in [0.15, 0.2) is 0 Å². The lowest BCUT2D eigenvalue weighted by atomic mass is 10.3. The van der Waals surface area contributed by atoms with Crippen molar-refractivity contribution in [2.24, 2.45) is 7.05 Å². The van der Waals surface area contributed by atoms with Crippen molar-refractivity contribution in [2.75, 3.05) is 13.1 Å². The smallest absolute Gasteiger partial charge is 0.233 e. The third-order valence-corrected chi connectivity index (χ3v) is 2.08. The van der Waals surface area contributed by atoms with Crippen LogP contribution in [0.25, 0.3) is 0 Å². The summed E-state index contributed by atoms with van der Waals surface area (Å²) in [6.45, 7) is 3.92. The first kappa shape index (κ1) is 11.8. The van der Waals surface area contributed by atoms with Gasteiger partial charge in [-0.15, -0.1) is 0 Å². The Morgan fingerprint density at radius 2 is 2.33 bits per heavy atom. The van der Waals surface area contributed by atoms with Crippen molar-refractivity contribution in [1.29, 1.82) is 0 Å². The Bertz CT molecular complexity index is 307. The second kappa shape index (κ2) is 6.24. The zero-order valence-corrected chi connectivity index (χ0v) is 9.42. The van der Waals surface area contributed by atoms with Gasteiger partial charge in [0.25, 0.3) is 0 Å². The van der Waals surface area contributed by atoms with Gasteiger partial charge in [0.1, 0.15) is 0 Å². The van der Waals surface area contributed by atoms with Crippen molar-refractivity contribution in [3.05, 3.63) is 24.0 Å². The van der Waals surface area contributed by atoms with Gasteiger partial charge >= 0.3 is 0 Å². The molecular weight excluding hydrogens is 190 g/mol. The van der Waals surface area contributed by atoms with E-state index in [2.05, 4.69) is 10.6 Å². The van der Waals surface area contributed by atoms with Crippen LogP contribution in [0.1, 0.15) is 18.9 Å². The van der Waals surface area contributed by atoms with Crippen LogP contribution in [-0.2, 0) is 18.4 Å². The molecule has 0 aromatic carbocycles. The third kappa shape index (κ3) is 4.65. The fourth-order valence-corrected chi connectivity index (χ4v) is 1.31. The maximum absolute atomic E-state index is 11.2. The van der Waals surface area contributed by atoms with E-state index in [9.17, 15) is 4.79 Å². The standard InChI is InChI=1S/C11H19N3O/c1-3-5-13-11(15)8-12-7-10-4-6-14(2)9-10/h4,6,9,12H,3,5,7-8H2,1-2H3,(H,13,15). The average Bonchev–Trinajstić information content (AvgIpc) is 2.61. The van der Waals surface area contributed by atoms with Crippen molar-refractivity contribution in [3.63, 3.8) is 0 Å². The van der Waals surface area contributed by atoms with Crippen molar-refractivity contribution < 1.29 is 4.79 Å². The first-order chi connectivity index (χ1) is 7.22. The number of rotatable bonds is 6. The summed E-state index contributed by atoms with van der Waals surface area (Å²) in [6.07, 6.45) is 5.01. The molecule has 84 valence electrons. The molecule has 0 spiro atoms. The van der Waals surface area contributed by atoms with E-state index in [0.717, 1.165) is 19.5 Å². The summed E-state index contributed by atoms with van der Waals surface area (Å²) in [4.78, 5) is 11.2. The molecular formula is C11H19N3O. The normalized spacial score (nSPS) is 10.3. The van der Waals surface area contributed by atoms with Gasteiger partial charge in [0.05, 0.1) is 6.54 Å². The minimum absolute atomic E-state index is 0.0628. The van der Waals surface area contributed by atoms with Gasteiger partial charge in [-0.2, -0.15) is 0 Å². The Labute approximate surface area is 90.7 Å². The van der Waals surface area contributed by atoms with Crippen molar-refractivity contribution in [2.45, 2.75) is 19.9 Å². The maximum atomic E-state index is 11.2. The molecule has 0 fully saturated rings. The quantitative estimate of drug-likeness (QED) is 0.722. The summed E-state index contributed by atoms with van der Waals surface area (Å²) < 4.78 is 1.99. The lowest BCUT2D eigenvalue weighted by Crippen LogP contribution is -2.33. The molecule has 0 atom stereocenters. The molecule has 15 heavy (non-hydrogen) atoms. The number of hydrogen-bond acceptors (Lipinski definition) is 2. The lowest BCUT2D eigenvalue weighted by Gasteiger charge is -2.04. The number of amides is 1. The predicted molar refractivity (Wildman–Crippen MR) is 60.4 cm³/mol. The van der Waals surface area contributed by atoms with Crippen molar-refractivity contribution >= 4 is 5.91 Å². The van der Waals surface area contributed by atoms with E-state index in [1.807, 2.05) is 37.0 Å². The zero-order valence-electron chi connectivity index (χ0n) is 9.42. The monoisotopic (exact) mass is 209 g/mol. The van der Waals surface area contributed by atoms with E-state index in [4.69, 9.17) is 0 Å². The Hall–Kier alpha value is -1.29. The number of carbonyl (C=O) groups is 1. The Balaban J connectivity index is 2.13. The highest BCUT2D eigenvalue weighted by Gasteiger charge is 1.99. The van der Waals surface area contributed by atoms with Crippen LogP contribution in [0.4, 0.5) is 0 Å². The number of aryl methyl sites for hydroxylation is 1. The van der Waals surface area contributed by atoms with Gasteiger partial charge in [-0.1, -0.05) is 6.92 Å². The summed E-state index contributed by atoms with van der Waals surface area (Å²) >= 11 is 0. The van der Waals surface area contributed by atoms with Gasteiger partial charge in [-0.25, -0.2) is 0 Å². The minimum Gasteiger partial charge on any atom is -0.357 e. The molecule has 1 heterocycles. The van der Waals surface area contributed by atoms with Gasteiger partial charge < -0.3 is 15.2 Å². The van der Waals surface area contributed by atoms with Crippen molar-refractivity contribution in [1.82, 2.24) is 15.2 Å². The van der Waals surface area contributed by atoms with Crippen LogP contribution >= 0.6 is 0 Å². The van der Waals surface area contributed by atoms with E-state index in [1.54, 1.807) is 0 Å². The van der Waals surface area contributed by atoms with Crippen molar-refractivity contribution in [3.8, 4) is 0 Å². The molecule has 4 heteroatoms. The summed E-state index contributed by atoms with van der Waals surface area (Å²) in [5.41, 5.74) is 1.20. The molecule has 0 bridgehead atoms. The number of nitrogens with zero attached hydrogens (tertiary/aromatic N) is 1. The van der Waals surface area contributed by atoms with E-state index in [-0.39, 0.29) is 5.91 Å².